The van der Waals surface area contributed by atoms with Crippen molar-refractivity contribution >= 4 is 21.6 Å². The number of nitrogens with zero attached hydrogens (tertiary/aromatic N) is 2. The van der Waals surface area contributed by atoms with Gasteiger partial charge in [-0.1, -0.05) is 12.1 Å². The molecule has 0 spiro atoms. The van der Waals surface area contributed by atoms with Crippen LogP contribution in [0.5, 0.6) is 5.75 Å². The Labute approximate surface area is 163 Å². The predicted octanol–water partition coefficient (Wildman–Crippen LogP) is 1.83. The van der Waals surface area contributed by atoms with E-state index in [0.717, 1.165) is 5.82 Å². The molecule has 3 rings (SSSR count). The molecule has 8 nitrogen and oxygen atoms in total. The van der Waals surface area contributed by atoms with E-state index in [2.05, 4.69) is 10.3 Å². The van der Waals surface area contributed by atoms with Crippen molar-refractivity contribution in [3.63, 3.8) is 0 Å². The van der Waals surface area contributed by atoms with E-state index in [1.807, 2.05) is 17.8 Å². The molecule has 28 heavy (non-hydrogen) atoms. The maximum atomic E-state index is 12.2. The molecule has 9 heteroatoms. The summed E-state index contributed by atoms with van der Waals surface area (Å²) < 4.78 is 30.0. The van der Waals surface area contributed by atoms with Gasteiger partial charge < -0.3 is 14.6 Å². The van der Waals surface area contributed by atoms with Crippen LogP contribution in [0.2, 0.25) is 0 Å². The lowest BCUT2D eigenvalue weighted by molar-refractivity contribution is -0.115. The Bertz CT molecular complexity index is 1060. The van der Waals surface area contributed by atoms with Crippen LogP contribution in [0.1, 0.15) is 11.4 Å². The number of sulfonamides is 1. The van der Waals surface area contributed by atoms with Gasteiger partial charge in [0, 0.05) is 25.1 Å². The monoisotopic (exact) mass is 400 g/mol. The van der Waals surface area contributed by atoms with Crippen molar-refractivity contribution in [3.8, 4) is 5.75 Å². The van der Waals surface area contributed by atoms with Gasteiger partial charge in [-0.15, -0.1) is 0 Å². The number of nitrogens with one attached hydrogen (secondary N) is 1. The predicted molar refractivity (Wildman–Crippen MR) is 104 cm³/mol. The zero-order valence-corrected chi connectivity index (χ0v) is 16.0. The second-order valence-corrected chi connectivity index (χ2v) is 7.74. The molecule has 0 aliphatic rings. The van der Waals surface area contributed by atoms with Gasteiger partial charge in [0.15, 0.2) is 0 Å². The van der Waals surface area contributed by atoms with Crippen molar-refractivity contribution in [2.45, 2.75) is 17.9 Å². The molecule has 0 aliphatic heterocycles. The number of hydrogen-bond donors (Lipinski definition) is 2. The molecule has 3 N–H and O–H groups in total. The maximum Gasteiger partial charge on any atom is 0.238 e. The number of amides is 1. The zero-order chi connectivity index (χ0) is 20.1. The largest absolute Gasteiger partial charge is 0.486 e. The first-order valence-electron chi connectivity index (χ1n) is 8.42. The van der Waals surface area contributed by atoms with Crippen LogP contribution in [-0.2, 0) is 34.9 Å². The quantitative estimate of drug-likeness (QED) is 0.628. The number of aromatic nitrogens is 2. The molecular weight excluding hydrogens is 380 g/mol. The Balaban J connectivity index is 1.53. The first kappa shape index (κ1) is 19.6. The lowest BCUT2D eigenvalue weighted by atomic mass is 10.1. The topological polar surface area (TPSA) is 116 Å². The minimum Gasteiger partial charge on any atom is -0.486 e. The summed E-state index contributed by atoms with van der Waals surface area (Å²) in [5.41, 5.74) is 1.32. The van der Waals surface area contributed by atoms with E-state index in [0.29, 0.717) is 23.6 Å². The molecule has 0 aliphatic carbocycles. The van der Waals surface area contributed by atoms with Gasteiger partial charge >= 0.3 is 0 Å². The van der Waals surface area contributed by atoms with Gasteiger partial charge in [-0.3, -0.25) is 4.79 Å². The van der Waals surface area contributed by atoms with Crippen LogP contribution in [0, 0.1) is 0 Å². The molecule has 0 radical (unpaired) electrons. The lowest BCUT2D eigenvalue weighted by Crippen LogP contribution is -2.15. The van der Waals surface area contributed by atoms with E-state index in [9.17, 15) is 13.2 Å². The van der Waals surface area contributed by atoms with Gasteiger partial charge in [-0.2, -0.15) is 0 Å². The first-order valence-corrected chi connectivity index (χ1v) is 9.96. The van der Waals surface area contributed by atoms with Crippen LogP contribution in [0.3, 0.4) is 0 Å². The summed E-state index contributed by atoms with van der Waals surface area (Å²) in [5.74, 6) is 1.26. The molecule has 3 aromatic rings. The molecule has 1 amide bonds. The summed E-state index contributed by atoms with van der Waals surface area (Å²) in [5, 5.41) is 7.84. The number of carbonyl (C=O) groups excluding carboxylic acids is 1. The maximum absolute atomic E-state index is 12.2. The highest BCUT2D eigenvalue weighted by Gasteiger charge is 2.09. The fourth-order valence-corrected chi connectivity index (χ4v) is 3.02. The third kappa shape index (κ3) is 5.18. The molecule has 0 unspecified atom stereocenters. The normalized spacial score (nSPS) is 11.2. The van der Waals surface area contributed by atoms with Crippen molar-refractivity contribution in [1.29, 1.82) is 0 Å². The molecule has 0 atom stereocenters. The number of imidazole rings is 1. The van der Waals surface area contributed by atoms with Crippen LogP contribution < -0.4 is 15.2 Å². The van der Waals surface area contributed by atoms with Crippen molar-refractivity contribution in [1.82, 2.24) is 9.55 Å². The number of benzene rings is 2. The Hall–Kier alpha value is -3.17. The van der Waals surface area contributed by atoms with Crippen LogP contribution in [0.15, 0.2) is 65.8 Å². The molecule has 0 fully saturated rings. The van der Waals surface area contributed by atoms with Crippen molar-refractivity contribution in [2.75, 3.05) is 5.32 Å². The fourth-order valence-electron chi connectivity index (χ4n) is 2.51. The zero-order valence-electron chi connectivity index (χ0n) is 15.2. The molecule has 1 aromatic heterocycles. The number of ether oxygens (including phenoxy) is 1. The number of nitrogens with two attached hydrogens (primary N) is 1. The first-order chi connectivity index (χ1) is 13.3. The average Bonchev–Trinajstić information content (AvgIpc) is 3.06. The number of primary sulfonamides is 1. The standard InChI is InChI=1S/C19H20N4O4S/c1-23-11-10-21-18(23)13-27-16-6-4-15(5-7-16)22-19(24)12-14-2-8-17(9-3-14)28(20,25)26/h2-11H,12-13H2,1H3,(H,22,24)(H2,20,25,26). The Morgan fingerprint density at radius 3 is 2.39 bits per heavy atom. The van der Waals surface area contributed by atoms with Crippen LogP contribution in [0.25, 0.3) is 0 Å². The molecule has 2 aromatic carbocycles. The van der Waals surface area contributed by atoms with E-state index in [1.165, 1.54) is 12.1 Å². The van der Waals surface area contributed by atoms with Crippen LogP contribution >= 0.6 is 0 Å². The summed E-state index contributed by atoms with van der Waals surface area (Å²) in [6, 6.07) is 12.9. The van der Waals surface area contributed by atoms with Gasteiger partial charge in [0.2, 0.25) is 15.9 Å². The van der Waals surface area contributed by atoms with Gasteiger partial charge in [0.1, 0.15) is 18.2 Å². The average molecular weight is 400 g/mol. The summed E-state index contributed by atoms with van der Waals surface area (Å²) in [7, 11) is -1.84. The highest BCUT2D eigenvalue weighted by Crippen LogP contribution is 2.17. The SMILES string of the molecule is Cn1ccnc1COc1ccc(NC(=O)Cc2ccc(S(N)(=O)=O)cc2)cc1. The van der Waals surface area contributed by atoms with Crippen molar-refractivity contribution in [2.24, 2.45) is 12.2 Å². The molecular formula is C19H20N4O4S. The number of carbonyl (C=O) groups is 1. The third-order valence-electron chi connectivity index (χ3n) is 4.04. The van der Waals surface area contributed by atoms with E-state index >= 15 is 0 Å². The number of rotatable bonds is 7. The minimum absolute atomic E-state index is 0.0118. The molecule has 1 heterocycles. The van der Waals surface area contributed by atoms with Crippen LogP contribution in [0.4, 0.5) is 5.69 Å². The van der Waals surface area contributed by atoms with Crippen LogP contribution in [-0.4, -0.2) is 23.9 Å². The lowest BCUT2D eigenvalue weighted by Gasteiger charge is -2.09. The summed E-state index contributed by atoms with van der Waals surface area (Å²) >= 11 is 0. The van der Waals surface area contributed by atoms with E-state index < -0.39 is 10.0 Å². The molecule has 0 saturated heterocycles. The highest BCUT2D eigenvalue weighted by atomic mass is 32.2. The Morgan fingerprint density at radius 2 is 1.82 bits per heavy atom. The van der Waals surface area contributed by atoms with Crippen molar-refractivity contribution in [3.05, 3.63) is 72.3 Å². The summed E-state index contributed by atoms with van der Waals surface area (Å²) in [4.78, 5) is 16.4. The Kier molecular flexibility index (Phi) is 5.76. The smallest absolute Gasteiger partial charge is 0.238 e. The van der Waals surface area contributed by atoms with Gasteiger partial charge in [0.05, 0.1) is 11.3 Å². The van der Waals surface area contributed by atoms with Gasteiger partial charge in [-0.25, -0.2) is 18.5 Å². The number of hydrogen-bond acceptors (Lipinski definition) is 5. The van der Waals surface area contributed by atoms with Gasteiger partial charge in [-0.05, 0) is 42.0 Å². The Morgan fingerprint density at radius 1 is 1.14 bits per heavy atom. The van der Waals surface area contributed by atoms with E-state index in [4.69, 9.17) is 9.88 Å². The fraction of sp³-hybridized carbons (Fsp3) is 0.158. The molecule has 146 valence electrons. The van der Waals surface area contributed by atoms with E-state index in [1.54, 1.807) is 42.6 Å². The number of anilines is 1. The summed E-state index contributed by atoms with van der Waals surface area (Å²) in [6.07, 6.45) is 3.67. The minimum atomic E-state index is -3.74. The second-order valence-electron chi connectivity index (χ2n) is 6.18. The third-order valence-corrected chi connectivity index (χ3v) is 4.97. The second kappa shape index (κ2) is 8.24. The molecule has 0 saturated carbocycles. The van der Waals surface area contributed by atoms with Crippen molar-refractivity contribution < 1.29 is 17.9 Å². The highest BCUT2D eigenvalue weighted by molar-refractivity contribution is 7.89. The summed E-state index contributed by atoms with van der Waals surface area (Å²) in [6.45, 7) is 0.351. The number of aryl methyl sites for hydroxylation is 1. The van der Waals surface area contributed by atoms with E-state index in [-0.39, 0.29) is 17.2 Å². The molecule has 0 bridgehead atoms. The van der Waals surface area contributed by atoms with Gasteiger partial charge in [0.25, 0.3) is 0 Å².